The Morgan fingerprint density at radius 2 is 2.21 bits per heavy atom. The lowest BCUT2D eigenvalue weighted by atomic mass is 10.2. The second-order valence-electron chi connectivity index (χ2n) is 4.46. The lowest BCUT2D eigenvalue weighted by molar-refractivity contribution is -0.129. The first-order chi connectivity index (χ1) is 6.81. The van der Waals surface area contributed by atoms with E-state index in [1.165, 1.54) is 19.3 Å². The van der Waals surface area contributed by atoms with Gasteiger partial charge in [-0.05, 0) is 25.3 Å². The maximum Gasteiger partial charge on any atom is 0.239 e. The van der Waals surface area contributed by atoms with E-state index in [0.717, 1.165) is 32.0 Å². The minimum Gasteiger partial charge on any atom is -0.341 e. The number of carbonyl (C=O) groups excluding carboxylic acids is 1. The SMILES string of the molecule is CCNC1CCN(CCC2CC2)C1=O. The second kappa shape index (κ2) is 4.30. The van der Waals surface area contributed by atoms with Crippen LogP contribution in [0.1, 0.15) is 32.6 Å². The van der Waals surface area contributed by atoms with E-state index in [4.69, 9.17) is 0 Å². The van der Waals surface area contributed by atoms with Crippen molar-refractivity contribution in [3.05, 3.63) is 0 Å². The molecule has 0 aromatic rings. The summed E-state index contributed by atoms with van der Waals surface area (Å²) < 4.78 is 0. The zero-order valence-corrected chi connectivity index (χ0v) is 8.96. The summed E-state index contributed by atoms with van der Waals surface area (Å²) in [5.41, 5.74) is 0. The molecule has 1 atom stereocenters. The van der Waals surface area contributed by atoms with Crippen molar-refractivity contribution in [2.75, 3.05) is 19.6 Å². The minimum absolute atomic E-state index is 0.110. The Morgan fingerprint density at radius 1 is 1.43 bits per heavy atom. The summed E-state index contributed by atoms with van der Waals surface area (Å²) in [6.45, 7) is 4.90. The molecule has 2 fully saturated rings. The van der Waals surface area contributed by atoms with Gasteiger partial charge in [0.1, 0.15) is 0 Å². The third-order valence-electron chi connectivity index (χ3n) is 3.25. The maximum atomic E-state index is 11.8. The number of likely N-dealkylation sites (tertiary alicyclic amines) is 1. The van der Waals surface area contributed by atoms with Crippen molar-refractivity contribution in [1.29, 1.82) is 0 Å². The van der Waals surface area contributed by atoms with Gasteiger partial charge in [0.15, 0.2) is 0 Å². The maximum absolute atomic E-state index is 11.8. The van der Waals surface area contributed by atoms with Crippen LogP contribution in [0.5, 0.6) is 0 Å². The Morgan fingerprint density at radius 3 is 2.86 bits per heavy atom. The molecular formula is C11H20N2O. The van der Waals surface area contributed by atoms with Crippen LogP contribution in [0.25, 0.3) is 0 Å². The average Bonchev–Trinajstić information content (AvgIpc) is 2.94. The Labute approximate surface area is 85.8 Å². The Kier molecular flexibility index (Phi) is 3.06. The lowest BCUT2D eigenvalue weighted by Gasteiger charge is -2.16. The van der Waals surface area contributed by atoms with E-state index in [2.05, 4.69) is 12.2 Å². The molecule has 0 spiro atoms. The van der Waals surface area contributed by atoms with E-state index in [1.54, 1.807) is 0 Å². The van der Waals surface area contributed by atoms with Gasteiger partial charge < -0.3 is 10.2 Å². The van der Waals surface area contributed by atoms with Gasteiger partial charge in [-0.2, -0.15) is 0 Å². The Balaban J connectivity index is 1.74. The predicted octanol–water partition coefficient (Wildman–Crippen LogP) is 0.997. The molecule has 0 aromatic heterocycles. The molecule has 0 bridgehead atoms. The molecule has 3 heteroatoms. The molecule has 80 valence electrons. The van der Waals surface area contributed by atoms with Gasteiger partial charge in [0.05, 0.1) is 6.04 Å². The fraction of sp³-hybridized carbons (Fsp3) is 0.909. The molecule has 1 N–H and O–H groups in total. The van der Waals surface area contributed by atoms with Crippen molar-refractivity contribution in [3.8, 4) is 0 Å². The standard InChI is InChI=1S/C11H20N2O/c1-2-12-10-6-8-13(11(10)14)7-5-9-3-4-9/h9-10,12H,2-8H2,1H3. The van der Waals surface area contributed by atoms with Crippen LogP contribution < -0.4 is 5.32 Å². The summed E-state index contributed by atoms with van der Waals surface area (Å²) in [5, 5.41) is 3.24. The largest absolute Gasteiger partial charge is 0.341 e. The van der Waals surface area contributed by atoms with Gasteiger partial charge >= 0.3 is 0 Å². The van der Waals surface area contributed by atoms with Gasteiger partial charge in [-0.25, -0.2) is 0 Å². The fourth-order valence-electron chi connectivity index (χ4n) is 2.14. The van der Waals surface area contributed by atoms with E-state index in [0.29, 0.717) is 5.91 Å². The quantitative estimate of drug-likeness (QED) is 0.711. The van der Waals surface area contributed by atoms with Crippen LogP contribution >= 0.6 is 0 Å². The van der Waals surface area contributed by atoms with Gasteiger partial charge in [0.25, 0.3) is 0 Å². The first-order valence-corrected chi connectivity index (χ1v) is 5.83. The average molecular weight is 196 g/mol. The van der Waals surface area contributed by atoms with Crippen LogP contribution in [-0.4, -0.2) is 36.5 Å². The number of rotatable bonds is 5. The summed E-state index contributed by atoms with van der Waals surface area (Å²) in [4.78, 5) is 13.8. The molecule has 2 rings (SSSR count). The van der Waals surface area contributed by atoms with E-state index in [9.17, 15) is 4.79 Å². The first-order valence-electron chi connectivity index (χ1n) is 5.83. The van der Waals surface area contributed by atoms with Crippen molar-refractivity contribution in [3.63, 3.8) is 0 Å². The molecule has 1 saturated carbocycles. The zero-order chi connectivity index (χ0) is 9.97. The Bertz CT molecular complexity index is 213. The van der Waals surface area contributed by atoms with Crippen LogP contribution in [0, 0.1) is 5.92 Å². The van der Waals surface area contributed by atoms with Gasteiger partial charge in [0.2, 0.25) is 5.91 Å². The number of hydrogen-bond donors (Lipinski definition) is 1. The molecule has 1 saturated heterocycles. The van der Waals surface area contributed by atoms with Gasteiger partial charge in [-0.3, -0.25) is 4.79 Å². The van der Waals surface area contributed by atoms with Crippen LogP contribution in [-0.2, 0) is 4.79 Å². The molecular weight excluding hydrogens is 176 g/mol. The highest BCUT2D eigenvalue weighted by Crippen LogP contribution is 2.32. The summed E-state index contributed by atoms with van der Waals surface area (Å²) in [6.07, 6.45) is 5.00. The van der Waals surface area contributed by atoms with Crippen LogP contribution in [0.4, 0.5) is 0 Å². The van der Waals surface area contributed by atoms with Crippen molar-refractivity contribution < 1.29 is 4.79 Å². The van der Waals surface area contributed by atoms with Crippen molar-refractivity contribution in [2.24, 2.45) is 5.92 Å². The van der Waals surface area contributed by atoms with Crippen molar-refractivity contribution in [2.45, 2.75) is 38.6 Å². The Hall–Kier alpha value is -0.570. The molecule has 1 heterocycles. The van der Waals surface area contributed by atoms with E-state index in [1.807, 2.05) is 4.90 Å². The van der Waals surface area contributed by atoms with Crippen molar-refractivity contribution >= 4 is 5.91 Å². The number of carbonyl (C=O) groups is 1. The third-order valence-corrected chi connectivity index (χ3v) is 3.25. The monoisotopic (exact) mass is 196 g/mol. The molecule has 1 aliphatic heterocycles. The van der Waals surface area contributed by atoms with Gasteiger partial charge in [-0.15, -0.1) is 0 Å². The number of likely N-dealkylation sites (N-methyl/N-ethyl adjacent to an activating group) is 1. The second-order valence-corrected chi connectivity index (χ2v) is 4.46. The molecule has 2 aliphatic rings. The molecule has 1 amide bonds. The summed E-state index contributed by atoms with van der Waals surface area (Å²) >= 11 is 0. The van der Waals surface area contributed by atoms with Crippen LogP contribution in [0.3, 0.4) is 0 Å². The zero-order valence-electron chi connectivity index (χ0n) is 8.96. The van der Waals surface area contributed by atoms with Crippen molar-refractivity contribution in [1.82, 2.24) is 10.2 Å². The third kappa shape index (κ3) is 2.27. The summed E-state index contributed by atoms with van der Waals surface area (Å²) in [5.74, 6) is 1.26. The van der Waals surface area contributed by atoms with Gasteiger partial charge in [-0.1, -0.05) is 19.8 Å². The number of nitrogens with one attached hydrogen (secondary N) is 1. The van der Waals surface area contributed by atoms with E-state index in [-0.39, 0.29) is 6.04 Å². The molecule has 0 aromatic carbocycles. The van der Waals surface area contributed by atoms with E-state index >= 15 is 0 Å². The smallest absolute Gasteiger partial charge is 0.239 e. The molecule has 0 radical (unpaired) electrons. The summed E-state index contributed by atoms with van der Waals surface area (Å²) in [7, 11) is 0. The minimum atomic E-state index is 0.110. The molecule has 14 heavy (non-hydrogen) atoms. The van der Waals surface area contributed by atoms with E-state index < -0.39 is 0 Å². The van der Waals surface area contributed by atoms with Crippen LogP contribution in [0.15, 0.2) is 0 Å². The fourth-order valence-corrected chi connectivity index (χ4v) is 2.14. The highest BCUT2D eigenvalue weighted by molar-refractivity contribution is 5.83. The highest BCUT2D eigenvalue weighted by atomic mass is 16.2. The number of hydrogen-bond acceptors (Lipinski definition) is 2. The molecule has 1 aliphatic carbocycles. The lowest BCUT2D eigenvalue weighted by Crippen LogP contribution is -2.38. The first kappa shape index (κ1) is 9.97. The normalized spacial score (nSPS) is 27.4. The summed E-state index contributed by atoms with van der Waals surface area (Å²) in [6, 6.07) is 0.110. The molecule has 3 nitrogen and oxygen atoms in total. The highest BCUT2D eigenvalue weighted by Gasteiger charge is 2.31. The predicted molar refractivity (Wildman–Crippen MR) is 56.0 cm³/mol. The number of nitrogens with zero attached hydrogens (tertiary/aromatic N) is 1. The number of amides is 1. The molecule has 1 unspecified atom stereocenters. The van der Waals surface area contributed by atoms with Crippen LogP contribution in [0.2, 0.25) is 0 Å². The topological polar surface area (TPSA) is 32.3 Å². The van der Waals surface area contributed by atoms with Gasteiger partial charge in [0, 0.05) is 13.1 Å².